The van der Waals surface area contributed by atoms with E-state index in [1.165, 1.54) is 0 Å². The molecule has 2 aromatic rings. The lowest BCUT2D eigenvalue weighted by Crippen LogP contribution is -2.50. The summed E-state index contributed by atoms with van der Waals surface area (Å²) in [5.41, 5.74) is 0.566. The van der Waals surface area contributed by atoms with E-state index >= 15 is 0 Å². The zero-order valence-electron chi connectivity index (χ0n) is 16.4. The van der Waals surface area contributed by atoms with Crippen molar-refractivity contribution in [3.63, 3.8) is 0 Å². The van der Waals surface area contributed by atoms with E-state index in [9.17, 15) is 9.59 Å². The molecule has 0 saturated carbocycles. The zero-order chi connectivity index (χ0) is 20.1. The molecule has 0 bridgehead atoms. The van der Waals surface area contributed by atoms with Gasteiger partial charge in [0.25, 0.3) is 5.91 Å². The van der Waals surface area contributed by atoms with Crippen molar-refractivity contribution >= 4 is 17.8 Å². The summed E-state index contributed by atoms with van der Waals surface area (Å²) in [6.45, 7) is 2.90. The maximum absolute atomic E-state index is 13.0. The minimum absolute atomic E-state index is 0.0194. The Morgan fingerprint density at radius 1 is 1.00 bits per heavy atom. The third-order valence-corrected chi connectivity index (χ3v) is 5.67. The summed E-state index contributed by atoms with van der Waals surface area (Å²) in [5.74, 6) is 0.784. The fourth-order valence-electron chi connectivity index (χ4n) is 4.08. The summed E-state index contributed by atoms with van der Waals surface area (Å²) < 4.78 is 0. The summed E-state index contributed by atoms with van der Waals surface area (Å²) >= 11 is 0. The predicted molar refractivity (Wildman–Crippen MR) is 108 cm³/mol. The Morgan fingerprint density at radius 3 is 2.52 bits per heavy atom. The normalized spacial score (nSPS) is 20.3. The second-order valence-electron chi connectivity index (χ2n) is 7.65. The number of carbonyl (C=O) groups excluding carboxylic acids is 2. The van der Waals surface area contributed by atoms with Gasteiger partial charge in [0, 0.05) is 57.0 Å². The number of anilines is 1. The molecule has 0 aromatic carbocycles. The van der Waals surface area contributed by atoms with Gasteiger partial charge in [-0.1, -0.05) is 0 Å². The summed E-state index contributed by atoms with van der Waals surface area (Å²) in [6, 6.07) is 5.40. The van der Waals surface area contributed by atoms with Gasteiger partial charge in [0.15, 0.2) is 0 Å². The largest absolute Gasteiger partial charge is 0.349 e. The average molecular weight is 394 g/mol. The second kappa shape index (κ2) is 8.98. The lowest BCUT2D eigenvalue weighted by Gasteiger charge is -2.38. The molecule has 0 radical (unpaired) electrons. The Labute approximate surface area is 170 Å². The molecule has 4 rings (SSSR count). The third kappa shape index (κ3) is 4.70. The Morgan fingerprint density at radius 2 is 1.79 bits per heavy atom. The molecule has 2 aromatic heterocycles. The summed E-state index contributed by atoms with van der Waals surface area (Å²) in [4.78, 5) is 42.0. The van der Waals surface area contributed by atoms with E-state index in [1.807, 2.05) is 4.90 Å². The van der Waals surface area contributed by atoms with E-state index in [4.69, 9.17) is 0 Å². The van der Waals surface area contributed by atoms with Crippen LogP contribution in [0, 0.1) is 5.92 Å². The minimum Gasteiger partial charge on any atom is -0.349 e. The van der Waals surface area contributed by atoms with Crippen molar-refractivity contribution in [2.24, 2.45) is 5.92 Å². The molecular weight excluding hydrogens is 368 g/mol. The smallest absolute Gasteiger partial charge is 0.253 e. The first-order chi connectivity index (χ1) is 14.2. The molecular formula is C21H26N6O2. The van der Waals surface area contributed by atoms with Gasteiger partial charge in [0.2, 0.25) is 11.9 Å². The molecule has 2 saturated heterocycles. The molecule has 1 atom stereocenters. The van der Waals surface area contributed by atoms with Gasteiger partial charge >= 0.3 is 0 Å². The van der Waals surface area contributed by atoms with Crippen LogP contribution in [0.1, 0.15) is 36.0 Å². The number of nitrogens with one attached hydrogen (secondary N) is 1. The van der Waals surface area contributed by atoms with Crippen molar-refractivity contribution in [1.29, 1.82) is 0 Å². The van der Waals surface area contributed by atoms with Crippen LogP contribution in [-0.2, 0) is 4.79 Å². The molecule has 2 aliphatic heterocycles. The average Bonchev–Trinajstić information content (AvgIpc) is 2.80. The molecule has 2 amide bonds. The van der Waals surface area contributed by atoms with Crippen molar-refractivity contribution < 1.29 is 9.59 Å². The van der Waals surface area contributed by atoms with Crippen LogP contribution in [0.25, 0.3) is 0 Å². The first kappa shape index (κ1) is 19.3. The van der Waals surface area contributed by atoms with Crippen LogP contribution in [0.4, 0.5) is 5.95 Å². The van der Waals surface area contributed by atoms with E-state index in [2.05, 4.69) is 25.2 Å². The quantitative estimate of drug-likeness (QED) is 0.845. The SMILES string of the molecule is O=C(NC1CCN(C(=O)C2CCCN(c3ncccn3)C2)CC1)c1cccnc1. The summed E-state index contributed by atoms with van der Waals surface area (Å²) in [5, 5.41) is 3.06. The van der Waals surface area contributed by atoms with Crippen molar-refractivity contribution in [3.8, 4) is 0 Å². The number of hydrogen-bond acceptors (Lipinski definition) is 6. The highest BCUT2D eigenvalue weighted by molar-refractivity contribution is 5.94. The van der Waals surface area contributed by atoms with Gasteiger partial charge in [-0.15, -0.1) is 0 Å². The van der Waals surface area contributed by atoms with E-state index < -0.39 is 0 Å². The fourth-order valence-corrected chi connectivity index (χ4v) is 4.08. The van der Waals surface area contributed by atoms with Crippen LogP contribution < -0.4 is 10.2 Å². The predicted octanol–water partition coefficient (Wildman–Crippen LogP) is 1.51. The Bertz CT molecular complexity index is 824. The molecule has 8 heteroatoms. The van der Waals surface area contributed by atoms with Crippen LogP contribution in [-0.4, -0.2) is 63.9 Å². The van der Waals surface area contributed by atoms with Gasteiger partial charge in [-0.2, -0.15) is 0 Å². The van der Waals surface area contributed by atoms with Crippen LogP contribution in [0.2, 0.25) is 0 Å². The number of carbonyl (C=O) groups is 2. The highest BCUT2D eigenvalue weighted by atomic mass is 16.2. The number of pyridine rings is 1. The maximum Gasteiger partial charge on any atom is 0.253 e. The van der Waals surface area contributed by atoms with Crippen molar-refractivity contribution in [3.05, 3.63) is 48.5 Å². The van der Waals surface area contributed by atoms with Crippen LogP contribution >= 0.6 is 0 Å². The Hall–Kier alpha value is -3.03. The molecule has 152 valence electrons. The molecule has 1 unspecified atom stereocenters. The first-order valence-electron chi connectivity index (χ1n) is 10.2. The van der Waals surface area contributed by atoms with Gasteiger partial charge in [0.1, 0.15) is 0 Å². The maximum atomic E-state index is 13.0. The highest BCUT2D eigenvalue weighted by Gasteiger charge is 2.32. The molecule has 29 heavy (non-hydrogen) atoms. The number of amides is 2. The van der Waals surface area contributed by atoms with Crippen molar-refractivity contribution in [1.82, 2.24) is 25.2 Å². The number of nitrogens with zero attached hydrogens (tertiary/aromatic N) is 5. The first-order valence-corrected chi connectivity index (χ1v) is 10.2. The second-order valence-corrected chi connectivity index (χ2v) is 7.65. The van der Waals surface area contributed by atoms with Gasteiger partial charge in [-0.3, -0.25) is 14.6 Å². The molecule has 1 N–H and O–H groups in total. The minimum atomic E-state index is -0.103. The molecule has 2 fully saturated rings. The third-order valence-electron chi connectivity index (χ3n) is 5.67. The Balaban J connectivity index is 1.28. The number of piperidine rings is 2. The number of rotatable bonds is 4. The van der Waals surface area contributed by atoms with Gasteiger partial charge in [-0.25, -0.2) is 9.97 Å². The molecule has 8 nitrogen and oxygen atoms in total. The summed E-state index contributed by atoms with van der Waals surface area (Å²) in [7, 11) is 0. The van der Waals surface area contributed by atoms with Crippen LogP contribution in [0.15, 0.2) is 43.0 Å². The lowest BCUT2D eigenvalue weighted by atomic mass is 9.95. The number of likely N-dealkylation sites (tertiary alicyclic amines) is 1. The van der Waals surface area contributed by atoms with Crippen molar-refractivity contribution in [2.75, 3.05) is 31.1 Å². The lowest BCUT2D eigenvalue weighted by molar-refractivity contribution is -0.136. The fraction of sp³-hybridized carbons (Fsp3) is 0.476. The standard InChI is InChI=1S/C21H26N6O2/c28-19(16-4-1-8-22-14-16)25-18-6-12-26(13-7-18)20(29)17-5-2-11-27(15-17)21-23-9-3-10-24-21/h1,3-4,8-10,14,17-18H,2,5-7,11-13,15H2,(H,25,28). The topological polar surface area (TPSA) is 91.3 Å². The van der Waals surface area contributed by atoms with Gasteiger partial charge < -0.3 is 15.1 Å². The van der Waals surface area contributed by atoms with E-state index in [0.29, 0.717) is 31.1 Å². The molecule has 0 aliphatic carbocycles. The number of aromatic nitrogens is 3. The van der Waals surface area contributed by atoms with Crippen molar-refractivity contribution in [2.45, 2.75) is 31.7 Å². The number of hydrogen-bond donors (Lipinski definition) is 1. The zero-order valence-corrected chi connectivity index (χ0v) is 16.4. The monoisotopic (exact) mass is 394 g/mol. The van der Waals surface area contributed by atoms with Crippen LogP contribution in [0.3, 0.4) is 0 Å². The highest BCUT2D eigenvalue weighted by Crippen LogP contribution is 2.23. The van der Waals surface area contributed by atoms with Gasteiger partial charge in [0.05, 0.1) is 11.5 Å². The molecule has 0 spiro atoms. The summed E-state index contributed by atoms with van der Waals surface area (Å²) in [6.07, 6.45) is 10.1. The van der Waals surface area contributed by atoms with E-state index in [-0.39, 0.29) is 23.8 Å². The molecule has 2 aliphatic rings. The van der Waals surface area contributed by atoms with E-state index in [0.717, 1.165) is 32.2 Å². The molecule has 4 heterocycles. The van der Waals surface area contributed by atoms with Crippen LogP contribution in [0.5, 0.6) is 0 Å². The van der Waals surface area contributed by atoms with E-state index in [1.54, 1.807) is 43.0 Å². The Kier molecular flexibility index (Phi) is 5.97. The van der Waals surface area contributed by atoms with Gasteiger partial charge in [-0.05, 0) is 43.9 Å².